The summed E-state index contributed by atoms with van der Waals surface area (Å²) in [6, 6.07) is 14.6. The molecule has 0 bridgehead atoms. The van der Waals surface area contributed by atoms with Crippen LogP contribution >= 0.6 is 0 Å². The van der Waals surface area contributed by atoms with Crippen molar-refractivity contribution in [2.75, 3.05) is 26.3 Å². The van der Waals surface area contributed by atoms with E-state index in [0.717, 1.165) is 30.0 Å². The van der Waals surface area contributed by atoms with Crippen molar-refractivity contribution in [3.63, 3.8) is 0 Å². The van der Waals surface area contributed by atoms with Crippen LogP contribution in [0.2, 0.25) is 0 Å². The van der Waals surface area contributed by atoms with Crippen LogP contribution in [-0.2, 0) is 4.74 Å². The summed E-state index contributed by atoms with van der Waals surface area (Å²) in [7, 11) is 0. The number of ether oxygens (including phenoxy) is 2. The van der Waals surface area contributed by atoms with Crippen LogP contribution in [-0.4, -0.2) is 36.1 Å². The van der Waals surface area contributed by atoms with E-state index in [-0.39, 0.29) is 16.7 Å². The second kappa shape index (κ2) is 6.66. The van der Waals surface area contributed by atoms with Gasteiger partial charge in [-0.05, 0) is 17.7 Å². The Morgan fingerprint density at radius 3 is 2.60 bits per heavy atom. The molecule has 1 unspecified atom stereocenters. The molecular weight excluding hydrogens is 320 g/mol. The fraction of sp³-hybridized carbons (Fsp3) is 0.263. The smallest absolute Gasteiger partial charge is 0.270 e. The number of hydrogen-bond donors (Lipinski definition) is 0. The van der Waals surface area contributed by atoms with E-state index in [9.17, 15) is 10.1 Å². The summed E-state index contributed by atoms with van der Waals surface area (Å²) < 4.78 is 11.5. The quantitative estimate of drug-likeness (QED) is 0.634. The SMILES string of the molecule is O=[N+]([O-])c1ccc2c(c1)C(N1CCOCC1)/C(=C\c1ccccc1)O2. The normalized spacial score (nSPS) is 21.8. The number of morpholine rings is 1. The summed E-state index contributed by atoms with van der Waals surface area (Å²) in [6.07, 6.45) is 2.01. The van der Waals surface area contributed by atoms with Gasteiger partial charge in [0, 0.05) is 30.8 Å². The van der Waals surface area contributed by atoms with Crippen LogP contribution in [0.3, 0.4) is 0 Å². The van der Waals surface area contributed by atoms with Gasteiger partial charge in [0.2, 0.25) is 0 Å². The minimum Gasteiger partial charge on any atom is -0.459 e. The number of nitro groups is 1. The zero-order chi connectivity index (χ0) is 17.2. The summed E-state index contributed by atoms with van der Waals surface area (Å²) in [6.45, 7) is 2.84. The Labute approximate surface area is 145 Å². The summed E-state index contributed by atoms with van der Waals surface area (Å²) in [5.41, 5.74) is 1.97. The van der Waals surface area contributed by atoms with Crippen molar-refractivity contribution in [2.45, 2.75) is 6.04 Å². The number of nitro benzene ring substituents is 1. The Kier molecular flexibility index (Phi) is 4.21. The molecule has 0 aromatic heterocycles. The molecule has 0 saturated carbocycles. The Balaban J connectivity index is 1.76. The van der Waals surface area contributed by atoms with E-state index in [4.69, 9.17) is 9.47 Å². The first-order valence-corrected chi connectivity index (χ1v) is 8.27. The molecule has 2 aliphatic heterocycles. The van der Waals surface area contributed by atoms with Gasteiger partial charge in [0.05, 0.1) is 24.2 Å². The van der Waals surface area contributed by atoms with E-state index in [1.807, 2.05) is 36.4 Å². The van der Waals surface area contributed by atoms with Crippen LogP contribution in [0.15, 0.2) is 54.3 Å². The van der Waals surface area contributed by atoms with Crippen molar-refractivity contribution >= 4 is 11.8 Å². The van der Waals surface area contributed by atoms with E-state index >= 15 is 0 Å². The van der Waals surface area contributed by atoms with E-state index < -0.39 is 0 Å². The lowest BCUT2D eigenvalue weighted by Gasteiger charge is -2.32. The van der Waals surface area contributed by atoms with E-state index in [2.05, 4.69) is 4.90 Å². The number of non-ortho nitro benzene ring substituents is 1. The zero-order valence-electron chi connectivity index (χ0n) is 13.6. The van der Waals surface area contributed by atoms with Crippen molar-refractivity contribution in [3.8, 4) is 5.75 Å². The minimum absolute atomic E-state index is 0.0848. The molecule has 0 radical (unpaired) electrons. The summed E-state index contributed by atoms with van der Waals surface area (Å²) in [5.74, 6) is 1.48. The zero-order valence-corrected chi connectivity index (χ0v) is 13.6. The predicted octanol–water partition coefficient (Wildman–Crippen LogP) is 3.40. The molecule has 128 valence electrons. The van der Waals surface area contributed by atoms with Gasteiger partial charge in [-0.3, -0.25) is 15.0 Å². The summed E-state index contributed by atoms with van der Waals surface area (Å²) >= 11 is 0. The predicted molar refractivity (Wildman–Crippen MR) is 93.3 cm³/mol. The molecule has 0 aliphatic carbocycles. The van der Waals surface area contributed by atoms with Crippen LogP contribution in [0.25, 0.3) is 6.08 Å². The van der Waals surface area contributed by atoms with Crippen molar-refractivity contribution in [1.82, 2.24) is 4.90 Å². The van der Waals surface area contributed by atoms with Crippen LogP contribution in [0.5, 0.6) is 5.75 Å². The lowest BCUT2D eigenvalue weighted by Crippen LogP contribution is -2.39. The monoisotopic (exact) mass is 338 g/mol. The highest BCUT2D eigenvalue weighted by Crippen LogP contribution is 2.45. The molecule has 25 heavy (non-hydrogen) atoms. The molecule has 2 aromatic carbocycles. The summed E-state index contributed by atoms with van der Waals surface area (Å²) in [5, 5.41) is 11.2. The molecule has 0 amide bonds. The molecule has 4 rings (SSSR count). The Bertz CT molecular complexity index is 813. The van der Waals surface area contributed by atoms with Crippen molar-refractivity contribution in [2.24, 2.45) is 0 Å². The molecule has 1 atom stereocenters. The number of fused-ring (bicyclic) bond motifs is 1. The number of benzene rings is 2. The molecule has 1 fully saturated rings. The molecule has 0 N–H and O–H groups in total. The first kappa shape index (κ1) is 15.8. The number of hydrogen-bond acceptors (Lipinski definition) is 5. The maximum atomic E-state index is 11.2. The maximum Gasteiger partial charge on any atom is 0.270 e. The van der Waals surface area contributed by atoms with Crippen LogP contribution in [0.1, 0.15) is 17.2 Å². The van der Waals surface area contributed by atoms with Gasteiger partial charge in [-0.15, -0.1) is 0 Å². The molecule has 1 saturated heterocycles. The van der Waals surface area contributed by atoms with Gasteiger partial charge in [0.1, 0.15) is 11.5 Å². The average Bonchev–Trinajstić information content (AvgIpc) is 3.00. The van der Waals surface area contributed by atoms with E-state index in [0.29, 0.717) is 19.0 Å². The fourth-order valence-corrected chi connectivity index (χ4v) is 3.33. The molecule has 6 nitrogen and oxygen atoms in total. The van der Waals surface area contributed by atoms with Gasteiger partial charge in [-0.2, -0.15) is 0 Å². The lowest BCUT2D eigenvalue weighted by molar-refractivity contribution is -0.384. The Hall–Kier alpha value is -2.70. The van der Waals surface area contributed by atoms with Gasteiger partial charge in [-0.25, -0.2) is 0 Å². The van der Waals surface area contributed by atoms with Crippen molar-refractivity contribution < 1.29 is 14.4 Å². The minimum atomic E-state index is -0.366. The van der Waals surface area contributed by atoms with Gasteiger partial charge in [0.25, 0.3) is 5.69 Å². The first-order chi connectivity index (χ1) is 12.2. The van der Waals surface area contributed by atoms with Gasteiger partial charge < -0.3 is 9.47 Å². The number of nitrogens with zero attached hydrogens (tertiary/aromatic N) is 2. The maximum absolute atomic E-state index is 11.2. The first-order valence-electron chi connectivity index (χ1n) is 8.27. The molecular formula is C19H18N2O4. The van der Waals surface area contributed by atoms with Gasteiger partial charge in [0.15, 0.2) is 0 Å². The van der Waals surface area contributed by atoms with Crippen LogP contribution in [0.4, 0.5) is 5.69 Å². The second-order valence-corrected chi connectivity index (χ2v) is 6.09. The Morgan fingerprint density at radius 2 is 1.88 bits per heavy atom. The van der Waals surface area contributed by atoms with Crippen LogP contribution in [0, 0.1) is 10.1 Å². The lowest BCUT2D eigenvalue weighted by atomic mass is 10.0. The average molecular weight is 338 g/mol. The fourth-order valence-electron chi connectivity index (χ4n) is 3.33. The summed E-state index contributed by atoms with van der Waals surface area (Å²) in [4.78, 5) is 13.1. The highest BCUT2D eigenvalue weighted by molar-refractivity contribution is 5.60. The molecule has 0 spiro atoms. The van der Waals surface area contributed by atoms with E-state index in [1.54, 1.807) is 12.1 Å². The molecule has 2 heterocycles. The third kappa shape index (κ3) is 3.14. The van der Waals surface area contributed by atoms with Gasteiger partial charge in [-0.1, -0.05) is 30.3 Å². The van der Waals surface area contributed by atoms with Crippen molar-refractivity contribution in [1.29, 1.82) is 0 Å². The van der Waals surface area contributed by atoms with Crippen LogP contribution < -0.4 is 4.74 Å². The second-order valence-electron chi connectivity index (χ2n) is 6.09. The third-order valence-corrected chi connectivity index (χ3v) is 4.52. The van der Waals surface area contributed by atoms with Gasteiger partial charge >= 0.3 is 0 Å². The number of rotatable bonds is 3. The largest absolute Gasteiger partial charge is 0.459 e. The molecule has 6 heteroatoms. The molecule has 2 aromatic rings. The van der Waals surface area contributed by atoms with Crippen molar-refractivity contribution in [3.05, 3.63) is 75.5 Å². The highest BCUT2D eigenvalue weighted by Gasteiger charge is 2.36. The highest BCUT2D eigenvalue weighted by atomic mass is 16.6. The molecule has 2 aliphatic rings. The topological polar surface area (TPSA) is 64.8 Å². The third-order valence-electron chi connectivity index (χ3n) is 4.52. The Morgan fingerprint density at radius 1 is 1.12 bits per heavy atom. The van der Waals surface area contributed by atoms with E-state index in [1.165, 1.54) is 6.07 Å². The standard InChI is InChI=1S/C19H18N2O4/c22-21(23)15-6-7-17-16(13-15)19(20-8-10-24-11-9-20)18(25-17)12-14-4-2-1-3-5-14/h1-7,12-13,19H,8-11H2/b18-12+.